The number of ether oxygens (including phenoxy) is 2. The number of phenols is 1. The monoisotopic (exact) mass is 469 g/mol. The van der Waals surface area contributed by atoms with Crippen LogP contribution in [0.25, 0.3) is 22.3 Å². The predicted molar refractivity (Wildman–Crippen MR) is 131 cm³/mol. The minimum absolute atomic E-state index is 0.0690. The molecule has 0 fully saturated rings. The molecule has 0 aliphatic carbocycles. The molecule has 176 valence electrons. The number of nitrogens with one attached hydrogen (secondary N) is 1. The van der Waals surface area contributed by atoms with E-state index in [2.05, 4.69) is 25.4 Å². The number of aromatic nitrogens is 4. The topological polar surface area (TPSA) is 115 Å². The van der Waals surface area contributed by atoms with Crippen LogP contribution in [0, 0.1) is 13.8 Å². The zero-order valence-corrected chi connectivity index (χ0v) is 19.4. The Bertz CT molecular complexity index is 1500. The van der Waals surface area contributed by atoms with Crippen molar-refractivity contribution in [1.29, 1.82) is 0 Å². The van der Waals surface area contributed by atoms with Gasteiger partial charge in [0.2, 0.25) is 5.82 Å². The van der Waals surface area contributed by atoms with Crippen LogP contribution < -0.4 is 14.8 Å². The molecule has 5 rings (SSSR count). The number of hydrogen-bond donors (Lipinski definition) is 2. The maximum Gasteiger partial charge on any atom is 0.264 e. The lowest BCUT2D eigenvalue weighted by Crippen LogP contribution is -2.00. The molecule has 3 aromatic carbocycles. The van der Waals surface area contributed by atoms with Crippen LogP contribution in [0.3, 0.4) is 0 Å². The van der Waals surface area contributed by atoms with Gasteiger partial charge in [0.25, 0.3) is 5.89 Å². The Morgan fingerprint density at radius 1 is 0.971 bits per heavy atom. The number of benzene rings is 3. The first-order valence-corrected chi connectivity index (χ1v) is 10.9. The van der Waals surface area contributed by atoms with Crippen molar-refractivity contribution in [2.24, 2.45) is 0 Å². The molecular weight excluding hydrogens is 446 g/mol. The third kappa shape index (κ3) is 4.70. The van der Waals surface area contributed by atoms with Gasteiger partial charge < -0.3 is 24.4 Å². The van der Waals surface area contributed by atoms with Crippen molar-refractivity contribution >= 4 is 22.4 Å². The van der Waals surface area contributed by atoms with E-state index in [-0.39, 0.29) is 12.4 Å². The number of anilines is 2. The van der Waals surface area contributed by atoms with Crippen LogP contribution in [0.15, 0.2) is 65.4 Å². The summed E-state index contributed by atoms with van der Waals surface area (Å²) in [4.78, 5) is 13.1. The summed E-state index contributed by atoms with van der Waals surface area (Å²) in [7, 11) is 1.56. The molecule has 0 aliphatic heterocycles. The van der Waals surface area contributed by atoms with Crippen molar-refractivity contribution < 1.29 is 19.1 Å². The molecule has 0 aliphatic rings. The highest BCUT2D eigenvalue weighted by molar-refractivity contribution is 5.93. The second-order valence-electron chi connectivity index (χ2n) is 8.04. The van der Waals surface area contributed by atoms with Crippen LogP contribution in [-0.2, 0) is 6.61 Å². The smallest absolute Gasteiger partial charge is 0.264 e. The largest absolute Gasteiger partial charge is 0.508 e. The summed E-state index contributed by atoms with van der Waals surface area (Å²) in [6.07, 6.45) is 1.46. The first-order chi connectivity index (χ1) is 17.0. The zero-order valence-electron chi connectivity index (χ0n) is 19.4. The van der Waals surface area contributed by atoms with Gasteiger partial charge >= 0.3 is 0 Å². The maximum absolute atomic E-state index is 10.0. The number of fused-ring (bicyclic) bond motifs is 1. The van der Waals surface area contributed by atoms with Crippen LogP contribution in [0.4, 0.5) is 11.5 Å². The maximum atomic E-state index is 10.0. The Kier molecular flexibility index (Phi) is 5.88. The average molecular weight is 470 g/mol. The Balaban J connectivity index is 1.38. The normalized spacial score (nSPS) is 10.9. The van der Waals surface area contributed by atoms with Gasteiger partial charge in [-0.3, -0.25) is 0 Å². The Hall–Kier alpha value is -4.66. The highest BCUT2D eigenvalue weighted by atomic mass is 16.5. The van der Waals surface area contributed by atoms with Gasteiger partial charge in [-0.1, -0.05) is 41.1 Å². The molecular formula is C26H23N5O4. The van der Waals surface area contributed by atoms with Crippen LogP contribution in [0.1, 0.15) is 17.0 Å². The Morgan fingerprint density at radius 2 is 1.80 bits per heavy atom. The molecule has 0 bridgehead atoms. The molecule has 0 unspecified atom stereocenters. The Labute approximate surface area is 201 Å². The van der Waals surface area contributed by atoms with Crippen molar-refractivity contribution in [2.45, 2.75) is 20.5 Å². The molecule has 0 saturated carbocycles. The predicted octanol–water partition coefficient (Wildman–Crippen LogP) is 5.33. The molecule has 9 nitrogen and oxygen atoms in total. The fourth-order valence-electron chi connectivity index (χ4n) is 3.53. The number of phenolic OH excluding ortho intramolecular Hbond substituents is 1. The molecule has 0 amide bonds. The fourth-order valence-corrected chi connectivity index (χ4v) is 3.53. The highest BCUT2D eigenvalue weighted by Crippen LogP contribution is 2.35. The van der Waals surface area contributed by atoms with Gasteiger partial charge in [0.1, 0.15) is 17.9 Å². The van der Waals surface area contributed by atoms with E-state index in [1.807, 2.05) is 50.2 Å². The highest BCUT2D eigenvalue weighted by Gasteiger charge is 2.15. The van der Waals surface area contributed by atoms with Crippen LogP contribution in [0.5, 0.6) is 17.2 Å². The minimum Gasteiger partial charge on any atom is -0.508 e. The van der Waals surface area contributed by atoms with Crippen molar-refractivity contribution in [2.75, 3.05) is 12.4 Å². The van der Waals surface area contributed by atoms with Gasteiger partial charge in [0.15, 0.2) is 18.1 Å². The molecule has 2 heterocycles. The summed E-state index contributed by atoms with van der Waals surface area (Å²) in [5.41, 5.74) is 4.17. The van der Waals surface area contributed by atoms with Crippen molar-refractivity contribution in [3.8, 4) is 28.6 Å². The van der Waals surface area contributed by atoms with Crippen LogP contribution >= 0.6 is 0 Å². The molecule has 0 atom stereocenters. The number of hydrogen-bond acceptors (Lipinski definition) is 9. The van der Waals surface area contributed by atoms with Crippen LogP contribution in [0.2, 0.25) is 0 Å². The van der Waals surface area contributed by atoms with E-state index < -0.39 is 0 Å². The number of nitrogens with zero attached hydrogens (tertiary/aromatic N) is 4. The second kappa shape index (κ2) is 9.30. The molecule has 5 aromatic rings. The summed E-state index contributed by atoms with van der Waals surface area (Å²) in [5, 5.41) is 18.0. The lowest BCUT2D eigenvalue weighted by atomic mass is 10.1. The summed E-state index contributed by atoms with van der Waals surface area (Å²) in [5.74, 6) is 2.59. The summed E-state index contributed by atoms with van der Waals surface area (Å²) < 4.78 is 16.8. The molecule has 0 spiro atoms. The van der Waals surface area contributed by atoms with E-state index in [9.17, 15) is 5.11 Å². The van der Waals surface area contributed by atoms with E-state index in [0.717, 1.165) is 22.1 Å². The first-order valence-electron chi connectivity index (χ1n) is 10.9. The Morgan fingerprint density at radius 3 is 2.57 bits per heavy atom. The van der Waals surface area contributed by atoms with E-state index in [1.165, 1.54) is 6.33 Å². The average Bonchev–Trinajstić information content (AvgIpc) is 3.34. The number of methoxy groups -OCH3 is 1. The van der Waals surface area contributed by atoms with Gasteiger partial charge in [-0.25, -0.2) is 9.97 Å². The van der Waals surface area contributed by atoms with E-state index in [1.54, 1.807) is 25.3 Å². The number of aromatic hydroxyl groups is 1. The summed E-state index contributed by atoms with van der Waals surface area (Å²) >= 11 is 0. The molecule has 2 N–H and O–H groups in total. The van der Waals surface area contributed by atoms with Crippen LogP contribution in [-0.4, -0.2) is 32.3 Å². The van der Waals surface area contributed by atoms with E-state index >= 15 is 0 Å². The van der Waals surface area contributed by atoms with Gasteiger partial charge in [-0.2, -0.15) is 4.98 Å². The number of aryl methyl sites for hydroxylation is 2. The SMILES string of the molecule is COc1cc2c(Nc3ccc(C)c(O)c3)ncnc2cc1OCc1nc(-c2ccc(C)cc2)no1. The summed E-state index contributed by atoms with van der Waals surface area (Å²) in [6, 6.07) is 16.8. The second-order valence-corrected chi connectivity index (χ2v) is 8.04. The zero-order chi connectivity index (χ0) is 24.4. The molecule has 35 heavy (non-hydrogen) atoms. The van der Waals surface area contributed by atoms with Gasteiger partial charge in [0, 0.05) is 28.8 Å². The minimum atomic E-state index is 0.0690. The number of rotatable bonds is 7. The standard InChI is InChI=1S/C26H23N5O4/c1-15-4-7-17(8-5-15)25-30-24(35-31-25)13-34-23-12-20-19(11-22(23)33-3)26(28-14-27-20)29-18-9-6-16(2)21(32)10-18/h4-12,14,32H,13H2,1-3H3,(H,27,28,29). The van der Waals surface area contributed by atoms with Crippen molar-refractivity contribution in [3.63, 3.8) is 0 Å². The third-order valence-electron chi connectivity index (χ3n) is 5.52. The molecule has 0 radical (unpaired) electrons. The fraction of sp³-hybridized carbons (Fsp3) is 0.154. The molecule has 2 aromatic heterocycles. The third-order valence-corrected chi connectivity index (χ3v) is 5.52. The van der Waals surface area contributed by atoms with Crippen molar-refractivity contribution in [1.82, 2.24) is 20.1 Å². The lowest BCUT2D eigenvalue weighted by molar-refractivity contribution is 0.234. The van der Waals surface area contributed by atoms with Gasteiger partial charge in [-0.15, -0.1) is 0 Å². The molecule has 0 saturated heterocycles. The van der Waals surface area contributed by atoms with Gasteiger partial charge in [0.05, 0.1) is 12.6 Å². The first kappa shape index (κ1) is 22.1. The van der Waals surface area contributed by atoms with Gasteiger partial charge in [-0.05, 0) is 31.5 Å². The van der Waals surface area contributed by atoms with E-state index in [4.69, 9.17) is 14.0 Å². The molecule has 9 heteroatoms. The van der Waals surface area contributed by atoms with E-state index in [0.29, 0.717) is 40.2 Å². The summed E-state index contributed by atoms with van der Waals surface area (Å²) in [6.45, 7) is 3.93. The van der Waals surface area contributed by atoms with Crippen molar-refractivity contribution in [3.05, 3.63) is 77.9 Å². The quantitative estimate of drug-likeness (QED) is 0.326. The lowest BCUT2D eigenvalue weighted by Gasteiger charge is -2.13.